The molecule has 20 heavy (non-hydrogen) atoms. The van der Waals surface area contributed by atoms with Gasteiger partial charge in [-0.05, 0) is 24.5 Å². The summed E-state index contributed by atoms with van der Waals surface area (Å²) >= 11 is 0. The molecule has 2 heteroatoms. The highest BCUT2D eigenvalue weighted by Gasteiger charge is 2.33. The molecule has 2 aromatic carbocycles. The molecule has 1 saturated heterocycles. The zero-order valence-electron chi connectivity index (χ0n) is 11.7. The lowest BCUT2D eigenvalue weighted by Gasteiger charge is -2.32. The number of aryl methyl sites for hydroxylation is 1. The molecule has 1 fully saturated rings. The number of amides is 1. The molecule has 102 valence electrons. The van der Waals surface area contributed by atoms with E-state index in [9.17, 15) is 4.79 Å². The van der Waals surface area contributed by atoms with Crippen molar-refractivity contribution >= 4 is 5.91 Å². The number of rotatable bonds is 2. The van der Waals surface area contributed by atoms with Gasteiger partial charge in [0.25, 0.3) is 0 Å². The topological polar surface area (TPSA) is 29.1 Å². The summed E-state index contributed by atoms with van der Waals surface area (Å²) in [6.45, 7) is 2.83. The number of benzene rings is 2. The second-order valence-electron chi connectivity index (χ2n) is 5.49. The van der Waals surface area contributed by atoms with Gasteiger partial charge in [0.1, 0.15) is 0 Å². The molecule has 1 amide bonds. The monoisotopic (exact) mass is 265 g/mol. The number of hydrogen-bond donors (Lipinski definition) is 1. The van der Waals surface area contributed by atoms with Gasteiger partial charge in [-0.2, -0.15) is 0 Å². The average Bonchev–Trinajstić information content (AvgIpc) is 2.49. The molecule has 1 aliphatic heterocycles. The fraction of sp³-hybridized carbons (Fsp3) is 0.278. The number of nitrogens with one attached hydrogen (secondary N) is 1. The maximum Gasteiger partial charge on any atom is 0.228 e. The normalized spacial score (nSPS) is 22.4. The van der Waals surface area contributed by atoms with E-state index in [0.717, 1.165) is 18.5 Å². The summed E-state index contributed by atoms with van der Waals surface area (Å²) < 4.78 is 0. The summed E-state index contributed by atoms with van der Waals surface area (Å²) in [6.07, 6.45) is 0.994. The zero-order chi connectivity index (χ0) is 13.9. The predicted molar refractivity (Wildman–Crippen MR) is 80.7 cm³/mol. The molecule has 3 rings (SSSR count). The quantitative estimate of drug-likeness (QED) is 0.886. The highest BCUT2D eigenvalue weighted by atomic mass is 16.1. The zero-order valence-corrected chi connectivity index (χ0v) is 11.7. The molecule has 2 atom stereocenters. The largest absolute Gasteiger partial charge is 0.356 e. The first-order chi connectivity index (χ1) is 9.75. The van der Waals surface area contributed by atoms with Gasteiger partial charge in [-0.25, -0.2) is 0 Å². The van der Waals surface area contributed by atoms with Crippen molar-refractivity contribution in [1.82, 2.24) is 5.32 Å². The highest BCUT2D eigenvalue weighted by Crippen LogP contribution is 2.37. The Balaban J connectivity index is 1.99. The van der Waals surface area contributed by atoms with Crippen LogP contribution in [0.25, 0.3) is 0 Å². The van der Waals surface area contributed by atoms with Crippen LogP contribution in [-0.4, -0.2) is 12.5 Å². The summed E-state index contributed by atoms with van der Waals surface area (Å²) in [5, 5.41) is 3.01. The molecule has 2 aromatic rings. The van der Waals surface area contributed by atoms with Gasteiger partial charge >= 0.3 is 0 Å². The maximum atomic E-state index is 12.4. The Morgan fingerprint density at radius 2 is 1.65 bits per heavy atom. The molecule has 0 radical (unpaired) electrons. The Hall–Kier alpha value is -2.09. The third kappa shape index (κ3) is 2.46. The molecule has 0 unspecified atom stereocenters. The molecule has 1 heterocycles. The van der Waals surface area contributed by atoms with Gasteiger partial charge in [-0.3, -0.25) is 4.79 Å². The van der Waals surface area contributed by atoms with Gasteiger partial charge in [-0.1, -0.05) is 60.2 Å². The van der Waals surface area contributed by atoms with Gasteiger partial charge < -0.3 is 5.32 Å². The van der Waals surface area contributed by atoms with Crippen LogP contribution in [-0.2, 0) is 4.79 Å². The Morgan fingerprint density at radius 1 is 0.950 bits per heavy atom. The number of carbonyl (C=O) groups is 1. The fourth-order valence-electron chi connectivity index (χ4n) is 3.03. The van der Waals surface area contributed by atoms with Crippen LogP contribution in [0.2, 0.25) is 0 Å². The van der Waals surface area contributed by atoms with E-state index in [-0.39, 0.29) is 17.7 Å². The number of carbonyl (C=O) groups excluding carboxylic acids is 1. The number of piperidine rings is 1. The van der Waals surface area contributed by atoms with Crippen molar-refractivity contribution in [3.63, 3.8) is 0 Å². The first-order valence-corrected chi connectivity index (χ1v) is 7.15. The molecule has 0 spiro atoms. The van der Waals surface area contributed by atoms with Crippen LogP contribution in [0, 0.1) is 6.92 Å². The summed E-state index contributed by atoms with van der Waals surface area (Å²) in [5.74, 6) is 0.341. The highest BCUT2D eigenvalue weighted by molar-refractivity contribution is 5.85. The molecule has 0 bridgehead atoms. The van der Waals surface area contributed by atoms with Crippen molar-refractivity contribution < 1.29 is 4.79 Å². The third-order valence-corrected chi connectivity index (χ3v) is 4.10. The minimum atomic E-state index is -0.0771. The minimum absolute atomic E-state index is 0.0771. The van der Waals surface area contributed by atoms with Gasteiger partial charge in [-0.15, -0.1) is 0 Å². The first kappa shape index (κ1) is 12.9. The molecule has 1 aliphatic rings. The molecule has 0 aliphatic carbocycles. The smallest absolute Gasteiger partial charge is 0.228 e. The van der Waals surface area contributed by atoms with E-state index in [4.69, 9.17) is 0 Å². The standard InChI is InChI=1S/C18H19NO/c1-13-7-9-15(10-8-13)17-16(11-12-19-18(17)20)14-5-3-2-4-6-14/h2-10,16-17H,11-12H2,1H3,(H,19,20)/t16-,17+/m0/s1. The molecule has 0 aromatic heterocycles. The van der Waals surface area contributed by atoms with Gasteiger partial charge in [0.15, 0.2) is 0 Å². The lowest BCUT2D eigenvalue weighted by Crippen LogP contribution is -2.39. The predicted octanol–water partition coefficient (Wildman–Crippen LogP) is 3.38. The van der Waals surface area contributed by atoms with Crippen molar-refractivity contribution in [2.75, 3.05) is 6.54 Å². The van der Waals surface area contributed by atoms with E-state index in [1.807, 2.05) is 18.2 Å². The van der Waals surface area contributed by atoms with Crippen LogP contribution >= 0.6 is 0 Å². The Labute approximate surface area is 119 Å². The van der Waals surface area contributed by atoms with Crippen molar-refractivity contribution in [3.8, 4) is 0 Å². The van der Waals surface area contributed by atoms with E-state index in [1.54, 1.807) is 0 Å². The Morgan fingerprint density at radius 3 is 2.35 bits per heavy atom. The van der Waals surface area contributed by atoms with E-state index in [0.29, 0.717) is 0 Å². The van der Waals surface area contributed by atoms with E-state index in [2.05, 4.69) is 48.6 Å². The second-order valence-corrected chi connectivity index (χ2v) is 5.49. The van der Waals surface area contributed by atoms with Gasteiger partial charge in [0, 0.05) is 12.5 Å². The lowest BCUT2D eigenvalue weighted by atomic mass is 9.77. The van der Waals surface area contributed by atoms with Crippen molar-refractivity contribution in [1.29, 1.82) is 0 Å². The summed E-state index contributed by atoms with van der Waals surface area (Å²) in [4.78, 5) is 12.4. The molecule has 1 N–H and O–H groups in total. The van der Waals surface area contributed by atoms with Gasteiger partial charge in [0.2, 0.25) is 5.91 Å². The Bertz CT molecular complexity index is 589. The SMILES string of the molecule is Cc1ccc([C@H]2C(=O)NCC[C@H]2c2ccccc2)cc1. The molecular weight excluding hydrogens is 246 g/mol. The van der Waals surface area contributed by atoms with Crippen LogP contribution in [0.3, 0.4) is 0 Å². The third-order valence-electron chi connectivity index (χ3n) is 4.10. The molecule has 0 saturated carbocycles. The van der Waals surface area contributed by atoms with Crippen LogP contribution in [0.4, 0.5) is 0 Å². The van der Waals surface area contributed by atoms with Crippen LogP contribution in [0.15, 0.2) is 54.6 Å². The summed E-state index contributed by atoms with van der Waals surface area (Å²) in [6, 6.07) is 18.7. The van der Waals surface area contributed by atoms with Crippen molar-refractivity contribution in [2.24, 2.45) is 0 Å². The summed E-state index contributed by atoms with van der Waals surface area (Å²) in [7, 11) is 0. The van der Waals surface area contributed by atoms with Crippen LogP contribution in [0.5, 0.6) is 0 Å². The molecule has 2 nitrogen and oxygen atoms in total. The van der Waals surface area contributed by atoms with Crippen LogP contribution in [0.1, 0.15) is 34.9 Å². The minimum Gasteiger partial charge on any atom is -0.356 e. The Kier molecular flexibility index (Phi) is 3.55. The van der Waals surface area contributed by atoms with E-state index >= 15 is 0 Å². The van der Waals surface area contributed by atoms with Crippen LogP contribution < -0.4 is 5.32 Å². The number of hydrogen-bond acceptors (Lipinski definition) is 1. The summed E-state index contributed by atoms with van der Waals surface area (Å²) in [5.41, 5.74) is 3.59. The maximum absolute atomic E-state index is 12.4. The second kappa shape index (κ2) is 5.49. The fourth-order valence-corrected chi connectivity index (χ4v) is 3.03. The van der Waals surface area contributed by atoms with Crippen molar-refractivity contribution in [3.05, 3.63) is 71.3 Å². The van der Waals surface area contributed by atoms with E-state index < -0.39 is 0 Å². The average molecular weight is 265 g/mol. The lowest BCUT2D eigenvalue weighted by molar-refractivity contribution is -0.124. The van der Waals surface area contributed by atoms with E-state index in [1.165, 1.54) is 11.1 Å². The molecular formula is C18H19NO. The van der Waals surface area contributed by atoms with Crippen molar-refractivity contribution in [2.45, 2.75) is 25.2 Å². The van der Waals surface area contributed by atoms with Gasteiger partial charge in [0.05, 0.1) is 5.92 Å². The first-order valence-electron chi connectivity index (χ1n) is 7.15.